The van der Waals surface area contributed by atoms with E-state index < -0.39 is 44.2 Å². The minimum Gasteiger partial charge on any atom is -0.756 e. The molecular weight excluding hydrogens is 305 g/mol. The molecular formula is C8H10F6O4P-. The van der Waals surface area contributed by atoms with Gasteiger partial charge in [0.2, 0.25) is 0 Å². The van der Waals surface area contributed by atoms with Crippen LogP contribution in [0, 0.1) is 5.92 Å². The van der Waals surface area contributed by atoms with Gasteiger partial charge in [0.05, 0.1) is 0 Å². The molecule has 11 heteroatoms. The lowest BCUT2D eigenvalue weighted by atomic mass is 9.93. The van der Waals surface area contributed by atoms with Gasteiger partial charge in [-0.05, 0) is 5.92 Å². The number of hydrogen-bond acceptors (Lipinski definition) is 4. The van der Waals surface area contributed by atoms with Crippen molar-refractivity contribution in [2.45, 2.75) is 37.7 Å². The Bertz CT molecular complexity index is 399. The highest BCUT2D eigenvalue weighted by Gasteiger charge is 2.76. The molecule has 19 heavy (non-hydrogen) atoms. The monoisotopic (exact) mass is 315 g/mol. The highest BCUT2D eigenvalue weighted by atomic mass is 31.2. The van der Waals surface area contributed by atoms with Gasteiger partial charge in [-0.2, -0.15) is 26.3 Å². The van der Waals surface area contributed by atoms with Crippen molar-refractivity contribution in [3.63, 3.8) is 0 Å². The summed E-state index contributed by atoms with van der Waals surface area (Å²) in [7, 11) is -5.53. The number of phosphoric ester groups is 1. The third-order valence-electron chi connectivity index (χ3n) is 2.49. The molecule has 4 nitrogen and oxygen atoms in total. The molecule has 1 aliphatic heterocycles. The fourth-order valence-corrected chi connectivity index (χ4v) is 2.48. The molecule has 1 saturated heterocycles. The second kappa shape index (κ2) is 4.61. The zero-order valence-corrected chi connectivity index (χ0v) is 10.6. The van der Waals surface area contributed by atoms with Gasteiger partial charge in [-0.1, -0.05) is 13.8 Å². The van der Waals surface area contributed by atoms with Gasteiger partial charge in [0.15, 0.2) is 0 Å². The Hall–Kier alpha value is -0.310. The lowest BCUT2D eigenvalue weighted by Crippen LogP contribution is -2.63. The molecule has 1 heterocycles. The molecule has 0 saturated carbocycles. The molecule has 0 radical (unpaired) electrons. The number of halogens is 6. The van der Waals surface area contributed by atoms with E-state index in [1.54, 1.807) is 0 Å². The molecule has 0 N–H and O–H groups in total. The summed E-state index contributed by atoms with van der Waals surface area (Å²) in [6, 6.07) is 0. The maximum absolute atomic E-state index is 13.5. The third kappa shape index (κ3) is 2.76. The van der Waals surface area contributed by atoms with Gasteiger partial charge in [-0.25, -0.2) is 0 Å². The van der Waals surface area contributed by atoms with E-state index in [0.717, 1.165) is 13.8 Å². The van der Waals surface area contributed by atoms with Crippen molar-refractivity contribution >= 4 is 7.82 Å². The molecule has 1 rings (SSSR count). The summed E-state index contributed by atoms with van der Waals surface area (Å²) in [5, 5.41) is 0. The summed E-state index contributed by atoms with van der Waals surface area (Å²) in [4.78, 5) is 11.0. The maximum Gasteiger partial charge on any atom is 0.377 e. The van der Waals surface area contributed by atoms with E-state index in [-0.39, 0.29) is 0 Å². The highest BCUT2D eigenvalue weighted by molar-refractivity contribution is 7.45. The summed E-state index contributed by atoms with van der Waals surface area (Å²) >= 11 is 0. The van der Waals surface area contributed by atoms with Crippen molar-refractivity contribution in [1.82, 2.24) is 0 Å². The summed E-state index contributed by atoms with van der Waals surface area (Å²) in [6.45, 7) is -0.565. The van der Waals surface area contributed by atoms with Crippen LogP contribution in [0.2, 0.25) is 0 Å². The van der Waals surface area contributed by atoms with Gasteiger partial charge in [-0.3, -0.25) is 4.57 Å². The summed E-state index contributed by atoms with van der Waals surface area (Å²) in [6.07, 6.45) is -2.96. The minimum absolute atomic E-state index is 0.925. The summed E-state index contributed by atoms with van der Waals surface area (Å²) < 4.78 is 97.8. The number of rotatable bonds is 1. The van der Waals surface area contributed by atoms with Crippen LogP contribution in [0.5, 0.6) is 0 Å². The predicted octanol–water partition coefficient (Wildman–Crippen LogP) is 2.43. The molecule has 2 atom stereocenters. The molecule has 0 spiro atoms. The van der Waals surface area contributed by atoms with E-state index in [2.05, 4.69) is 9.05 Å². The van der Waals surface area contributed by atoms with E-state index >= 15 is 0 Å². The van der Waals surface area contributed by atoms with Crippen molar-refractivity contribution in [3.8, 4) is 0 Å². The van der Waals surface area contributed by atoms with Gasteiger partial charge in [-0.15, -0.1) is 0 Å². The van der Waals surface area contributed by atoms with Crippen LogP contribution in [-0.2, 0) is 13.6 Å². The normalized spacial score (nSPS) is 37.7. The zero-order chi connectivity index (χ0) is 15.3. The Kier molecular flexibility index (Phi) is 4.06. The average molecular weight is 315 g/mol. The van der Waals surface area contributed by atoms with Crippen LogP contribution in [0.25, 0.3) is 0 Å². The second-order valence-electron chi connectivity index (χ2n) is 4.39. The van der Waals surface area contributed by atoms with E-state index in [0.29, 0.717) is 0 Å². The molecule has 1 aliphatic rings. The first-order chi connectivity index (χ1) is 8.25. The Balaban J connectivity index is 3.36. The van der Waals surface area contributed by atoms with E-state index in [1.807, 2.05) is 0 Å². The molecule has 0 aliphatic carbocycles. The quantitative estimate of drug-likeness (QED) is 0.551. The van der Waals surface area contributed by atoms with Crippen molar-refractivity contribution < 1.29 is 44.8 Å². The van der Waals surface area contributed by atoms with Crippen molar-refractivity contribution in [1.29, 1.82) is 0 Å². The van der Waals surface area contributed by atoms with Crippen LogP contribution in [0.15, 0.2) is 0 Å². The third-order valence-corrected chi connectivity index (χ3v) is 3.42. The fraction of sp³-hybridized carbons (Fsp3) is 1.00. The fourth-order valence-electron chi connectivity index (χ4n) is 1.45. The van der Waals surface area contributed by atoms with Gasteiger partial charge >= 0.3 is 17.8 Å². The number of hydrogen-bond donors (Lipinski definition) is 0. The van der Waals surface area contributed by atoms with Gasteiger partial charge < -0.3 is 13.9 Å². The molecule has 2 unspecified atom stereocenters. The Morgan fingerprint density at radius 1 is 1.21 bits per heavy atom. The first kappa shape index (κ1) is 16.7. The van der Waals surface area contributed by atoms with Crippen molar-refractivity contribution in [2.75, 3.05) is 6.61 Å². The first-order valence-electron chi connectivity index (χ1n) is 5.02. The SMILES string of the molecule is CC(C)C1OP(=O)([O-])OCC(F)(F)C(F)(F)C1(F)F. The molecule has 0 aromatic rings. The van der Waals surface area contributed by atoms with E-state index in [1.165, 1.54) is 0 Å². The van der Waals surface area contributed by atoms with Crippen LogP contribution in [0.3, 0.4) is 0 Å². The maximum atomic E-state index is 13.5. The number of phosphoric acid groups is 1. The van der Waals surface area contributed by atoms with Gasteiger partial charge in [0.25, 0.3) is 7.82 Å². The van der Waals surface area contributed by atoms with Crippen LogP contribution in [0.4, 0.5) is 26.3 Å². The van der Waals surface area contributed by atoms with Crippen molar-refractivity contribution in [2.24, 2.45) is 5.92 Å². The zero-order valence-electron chi connectivity index (χ0n) is 9.71. The second-order valence-corrected chi connectivity index (χ2v) is 5.76. The lowest BCUT2D eigenvalue weighted by Gasteiger charge is -2.43. The largest absolute Gasteiger partial charge is 0.756 e. The Labute approximate surface area is 104 Å². The van der Waals surface area contributed by atoms with Gasteiger partial charge in [0.1, 0.15) is 12.7 Å². The predicted molar refractivity (Wildman–Crippen MR) is 48.1 cm³/mol. The Morgan fingerprint density at radius 2 is 1.68 bits per heavy atom. The van der Waals surface area contributed by atoms with E-state index in [9.17, 15) is 35.8 Å². The molecule has 0 amide bonds. The number of alkyl halides is 6. The summed E-state index contributed by atoms with van der Waals surface area (Å²) in [5.74, 6) is -18.0. The molecule has 1 fully saturated rings. The van der Waals surface area contributed by atoms with E-state index in [4.69, 9.17) is 0 Å². The molecule has 114 valence electrons. The van der Waals surface area contributed by atoms with Crippen LogP contribution >= 0.6 is 7.82 Å². The highest BCUT2D eigenvalue weighted by Crippen LogP contribution is 2.56. The minimum atomic E-state index is -5.81. The summed E-state index contributed by atoms with van der Waals surface area (Å²) in [5.41, 5.74) is 0. The smallest absolute Gasteiger partial charge is 0.377 e. The Morgan fingerprint density at radius 3 is 2.11 bits per heavy atom. The standard InChI is InChI=1S/C8H11F6O4P/c1-4(2)5-7(11,12)8(13,14)6(9,10)3-17-19(15,16)18-5/h4-5H,3H2,1-2H3,(H,15,16)/p-1. The molecule has 0 bridgehead atoms. The van der Waals surface area contributed by atoms with Crippen LogP contribution in [0.1, 0.15) is 13.8 Å². The van der Waals surface area contributed by atoms with Crippen LogP contribution < -0.4 is 4.89 Å². The van der Waals surface area contributed by atoms with Crippen LogP contribution in [-0.4, -0.2) is 30.5 Å². The van der Waals surface area contributed by atoms with Crippen molar-refractivity contribution in [3.05, 3.63) is 0 Å². The molecule has 0 aromatic heterocycles. The average Bonchev–Trinajstić information content (AvgIpc) is 2.21. The lowest BCUT2D eigenvalue weighted by molar-refractivity contribution is -0.357. The molecule has 0 aromatic carbocycles. The first-order valence-corrected chi connectivity index (χ1v) is 6.48. The van der Waals surface area contributed by atoms with Gasteiger partial charge in [0, 0.05) is 0 Å². The topological polar surface area (TPSA) is 58.6 Å².